The molecule has 3 rings (SSSR count). The Bertz CT molecular complexity index is 1210. The Morgan fingerprint density at radius 1 is 1.06 bits per heavy atom. The van der Waals surface area contributed by atoms with E-state index >= 15 is 0 Å². The van der Waals surface area contributed by atoms with Gasteiger partial charge in [0.25, 0.3) is 5.91 Å². The molecule has 34 heavy (non-hydrogen) atoms. The molecule has 1 fully saturated rings. The summed E-state index contributed by atoms with van der Waals surface area (Å²) in [5.41, 5.74) is 10.4. The Balaban J connectivity index is 1.77. The molecule has 0 aliphatic carbocycles. The number of nitrogens with zero attached hydrogens (tertiary/aromatic N) is 3. The van der Waals surface area contributed by atoms with E-state index in [2.05, 4.69) is 4.99 Å². The fourth-order valence-electron chi connectivity index (χ4n) is 3.25. The number of guanidine groups is 1. The van der Waals surface area contributed by atoms with E-state index in [0.29, 0.717) is 26.2 Å². The van der Waals surface area contributed by atoms with Crippen LogP contribution in [0.3, 0.4) is 0 Å². The maximum Gasteiger partial charge on any atom is 0.275 e. The second kappa shape index (κ2) is 10.3. The molecule has 2 aromatic rings. The van der Waals surface area contributed by atoms with Crippen molar-refractivity contribution >= 4 is 28.0 Å². The minimum atomic E-state index is -3.68. The lowest BCUT2D eigenvalue weighted by atomic mass is 10.1. The van der Waals surface area contributed by atoms with E-state index in [1.807, 2.05) is 11.9 Å². The summed E-state index contributed by atoms with van der Waals surface area (Å²) >= 11 is 0. The van der Waals surface area contributed by atoms with E-state index in [0.717, 1.165) is 12.1 Å². The summed E-state index contributed by atoms with van der Waals surface area (Å²) < 4.78 is 61.4. The number of piperazine rings is 1. The van der Waals surface area contributed by atoms with E-state index in [-0.39, 0.29) is 21.8 Å². The van der Waals surface area contributed by atoms with Crippen LogP contribution < -0.4 is 16.2 Å². The first-order chi connectivity index (χ1) is 16.0. The quantitative estimate of drug-likeness (QED) is 0.357. The number of aliphatic imine (C=N–C) groups is 1. The van der Waals surface area contributed by atoms with Crippen LogP contribution in [0.25, 0.3) is 6.08 Å². The zero-order valence-corrected chi connectivity index (χ0v) is 19.5. The van der Waals surface area contributed by atoms with Gasteiger partial charge in [-0.15, -0.1) is 0 Å². The van der Waals surface area contributed by atoms with Crippen molar-refractivity contribution in [2.45, 2.75) is 11.8 Å². The maximum absolute atomic E-state index is 14.5. The number of rotatable bonds is 6. The lowest BCUT2D eigenvalue weighted by molar-refractivity contribution is -0.114. The van der Waals surface area contributed by atoms with Crippen molar-refractivity contribution in [2.75, 3.05) is 33.2 Å². The highest BCUT2D eigenvalue weighted by Crippen LogP contribution is 2.30. The largest absolute Gasteiger partial charge is 0.451 e. The zero-order valence-electron chi connectivity index (χ0n) is 18.7. The molecule has 0 bridgehead atoms. The number of hydrogen-bond donors (Lipinski definition) is 2. The second-order valence-electron chi connectivity index (χ2n) is 7.76. The molecule has 182 valence electrons. The highest BCUT2D eigenvalue weighted by molar-refractivity contribution is 7.89. The Morgan fingerprint density at radius 3 is 2.15 bits per heavy atom. The smallest absolute Gasteiger partial charge is 0.275 e. The lowest BCUT2D eigenvalue weighted by Crippen LogP contribution is -2.46. The third kappa shape index (κ3) is 5.95. The van der Waals surface area contributed by atoms with Crippen molar-refractivity contribution in [3.05, 3.63) is 59.2 Å². The SMILES string of the molecule is CC(=Cc1cc(F)c(Oc2ccc(S(=O)(=O)N3CCN(C)CC3)cc2)c(F)c1)C(=O)N=C(N)N. The van der Waals surface area contributed by atoms with Gasteiger partial charge in [-0.2, -0.15) is 9.30 Å². The average molecular weight is 494 g/mol. The van der Waals surface area contributed by atoms with E-state index in [4.69, 9.17) is 16.2 Å². The minimum absolute atomic E-state index is 0.0533. The summed E-state index contributed by atoms with van der Waals surface area (Å²) in [6, 6.07) is 7.28. The van der Waals surface area contributed by atoms with E-state index < -0.39 is 39.3 Å². The van der Waals surface area contributed by atoms with Gasteiger partial charge in [0.05, 0.1) is 4.90 Å². The van der Waals surface area contributed by atoms with Gasteiger partial charge < -0.3 is 21.1 Å². The highest BCUT2D eigenvalue weighted by atomic mass is 32.2. The van der Waals surface area contributed by atoms with Crippen molar-refractivity contribution in [1.82, 2.24) is 9.21 Å². The number of hydrogen-bond acceptors (Lipinski definition) is 5. The number of nitrogens with two attached hydrogens (primary N) is 2. The van der Waals surface area contributed by atoms with E-state index in [1.54, 1.807) is 0 Å². The summed E-state index contributed by atoms with van der Waals surface area (Å²) in [4.78, 5) is 17.2. The Labute approximate surface area is 196 Å². The lowest BCUT2D eigenvalue weighted by Gasteiger charge is -2.31. The van der Waals surface area contributed by atoms with Crippen molar-refractivity contribution < 1.29 is 26.7 Å². The molecule has 0 spiro atoms. The Kier molecular flexibility index (Phi) is 7.64. The fraction of sp³-hybridized carbons (Fsp3) is 0.273. The number of carbonyl (C=O) groups is 1. The van der Waals surface area contributed by atoms with Crippen LogP contribution in [0.1, 0.15) is 12.5 Å². The first-order valence-corrected chi connectivity index (χ1v) is 11.7. The molecule has 9 nitrogen and oxygen atoms in total. The molecule has 4 N–H and O–H groups in total. The highest BCUT2D eigenvalue weighted by Gasteiger charge is 2.27. The van der Waals surface area contributed by atoms with Crippen molar-refractivity contribution in [3.63, 3.8) is 0 Å². The first-order valence-electron chi connectivity index (χ1n) is 10.3. The Hall–Kier alpha value is -3.35. The number of benzene rings is 2. The van der Waals surface area contributed by atoms with Gasteiger partial charge in [0.1, 0.15) is 5.75 Å². The molecule has 1 saturated heterocycles. The fourth-order valence-corrected chi connectivity index (χ4v) is 4.67. The predicted molar refractivity (Wildman–Crippen MR) is 124 cm³/mol. The van der Waals surface area contributed by atoms with E-state index in [9.17, 15) is 22.0 Å². The van der Waals surface area contributed by atoms with Gasteiger partial charge in [0.2, 0.25) is 10.0 Å². The molecule has 0 saturated carbocycles. The second-order valence-corrected chi connectivity index (χ2v) is 9.70. The molecule has 0 radical (unpaired) electrons. The standard InChI is InChI=1S/C22H25F2N5O4S/c1-14(21(30)27-22(25)26)11-15-12-18(23)20(19(24)13-15)33-16-3-5-17(6-4-16)34(31,32)29-9-7-28(2)8-10-29/h3-6,11-13H,7-10H2,1-2H3,(H4,25,26,27,30). The van der Waals surface area contributed by atoms with Crippen LogP contribution in [0.4, 0.5) is 8.78 Å². The molecule has 1 amide bonds. The molecule has 1 aliphatic rings. The minimum Gasteiger partial charge on any atom is -0.451 e. The summed E-state index contributed by atoms with van der Waals surface area (Å²) in [5, 5.41) is 0. The number of likely N-dealkylation sites (N-methyl/N-ethyl adjacent to an activating group) is 1. The van der Waals surface area contributed by atoms with Gasteiger partial charge in [-0.05, 0) is 62.0 Å². The Morgan fingerprint density at radius 2 is 1.62 bits per heavy atom. The van der Waals surface area contributed by atoms with Gasteiger partial charge in [-0.1, -0.05) is 0 Å². The molecule has 2 aromatic carbocycles. The molecule has 12 heteroatoms. The third-order valence-corrected chi connectivity index (χ3v) is 7.03. The monoisotopic (exact) mass is 493 g/mol. The predicted octanol–water partition coefficient (Wildman–Crippen LogP) is 1.90. The van der Waals surface area contributed by atoms with Gasteiger partial charge in [0.15, 0.2) is 23.3 Å². The number of carbonyl (C=O) groups excluding carboxylic acids is 1. The van der Waals surface area contributed by atoms with Crippen LogP contribution >= 0.6 is 0 Å². The number of ether oxygens (including phenoxy) is 1. The summed E-state index contributed by atoms with van der Waals surface area (Å²) in [6.07, 6.45) is 1.22. The first kappa shape index (κ1) is 25.3. The van der Waals surface area contributed by atoms with Crippen LogP contribution in [0, 0.1) is 11.6 Å². The molecule has 1 heterocycles. The molecule has 1 aliphatic heterocycles. The summed E-state index contributed by atoms with van der Waals surface area (Å²) in [6.45, 7) is 3.42. The average Bonchev–Trinajstić information content (AvgIpc) is 2.76. The maximum atomic E-state index is 14.5. The van der Waals surface area contributed by atoms with Crippen LogP contribution in [0.2, 0.25) is 0 Å². The molecule has 0 aromatic heterocycles. The van der Waals surface area contributed by atoms with Gasteiger partial charge in [-0.25, -0.2) is 17.2 Å². The number of sulfonamides is 1. The molecular formula is C22H25F2N5O4S. The van der Waals surface area contributed by atoms with Crippen LogP contribution in [-0.2, 0) is 14.8 Å². The normalized spacial score (nSPS) is 15.7. The van der Waals surface area contributed by atoms with Crippen LogP contribution in [0.5, 0.6) is 11.5 Å². The third-order valence-electron chi connectivity index (χ3n) is 5.12. The molecule has 0 atom stereocenters. The summed E-state index contributed by atoms with van der Waals surface area (Å²) in [5.74, 6) is -3.81. The molecule has 0 unspecified atom stereocenters. The summed E-state index contributed by atoms with van der Waals surface area (Å²) in [7, 11) is -1.76. The van der Waals surface area contributed by atoms with Gasteiger partial charge in [-0.3, -0.25) is 4.79 Å². The van der Waals surface area contributed by atoms with Crippen molar-refractivity contribution in [2.24, 2.45) is 16.5 Å². The van der Waals surface area contributed by atoms with Crippen LogP contribution in [-0.4, -0.2) is 62.7 Å². The topological polar surface area (TPSA) is 131 Å². The van der Waals surface area contributed by atoms with Crippen LogP contribution in [0.15, 0.2) is 51.9 Å². The molecular weight excluding hydrogens is 468 g/mol. The van der Waals surface area contributed by atoms with Crippen molar-refractivity contribution in [1.29, 1.82) is 0 Å². The zero-order chi connectivity index (χ0) is 25.0. The van der Waals surface area contributed by atoms with Gasteiger partial charge >= 0.3 is 0 Å². The number of amides is 1. The van der Waals surface area contributed by atoms with Gasteiger partial charge in [0, 0.05) is 31.8 Å². The number of halogens is 2. The van der Waals surface area contributed by atoms with E-state index in [1.165, 1.54) is 41.6 Å². The van der Waals surface area contributed by atoms with Crippen molar-refractivity contribution in [3.8, 4) is 11.5 Å².